The van der Waals surface area contributed by atoms with E-state index < -0.39 is 0 Å². The lowest BCUT2D eigenvalue weighted by atomic mass is 10.3. The van der Waals surface area contributed by atoms with Gasteiger partial charge in [-0.1, -0.05) is 19.4 Å². The molecule has 3 heteroatoms. The average Bonchev–Trinajstić information content (AvgIpc) is 2.10. The molecule has 0 amide bonds. The van der Waals surface area contributed by atoms with Gasteiger partial charge in [0.15, 0.2) is 11.5 Å². The zero-order valence-corrected chi connectivity index (χ0v) is 7.79. The standard InChI is InChI=1S/C10H15NO2/c1-2-3-7-13-10-8(11)5-4-6-9(10)12/h4-6,12H,2-3,7,11H2,1H3. The second-order valence-corrected chi connectivity index (χ2v) is 2.90. The van der Waals surface area contributed by atoms with E-state index in [-0.39, 0.29) is 5.75 Å². The van der Waals surface area contributed by atoms with Crippen LogP contribution in [-0.2, 0) is 0 Å². The van der Waals surface area contributed by atoms with Gasteiger partial charge in [-0.15, -0.1) is 0 Å². The summed E-state index contributed by atoms with van der Waals surface area (Å²) in [5.41, 5.74) is 6.10. The number of phenolic OH excluding ortho intramolecular Hbond substituents is 1. The molecule has 0 aliphatic carbocycles. The minimum absolute atomic E-state index is 0.108. The van der Waals surface area contributed by atoms with Crippen molar-refractivity contribution < 1.29 is 9.84 Å². The Hall–Kier alpha value is -1.38. The lowest BCUT2D eigenvalue weighted by Gasteiger charge is -2.09. The highest BCUT2D eigenvalue weighted by molar-refractivity contribution is 5.59. The molecule has 0 aliphatic heterocycles. The van der Waals surface area contributed by atoms with Gasteiger partial charge in [0, 0.05) is 0 Å². The Morgan fingerprint density at radius 2 is 2.23 bits per heavy atom. The summed E-state index contributed by atoms with van der Waals surface area (Å²) in [5.74, 6) is 0.507. The van der Waals surface area contributed by atoms with Crippen molar-refractivity contribution in [3.05, 3.63) is 18.2 Å². The van der Waals surface area contributed by atoms with Crippen molar-refractivity contribution in [3.63, 3.8) is 0 Å². The molecule has 0 aromatic heterocycles. The summed E-state index contributed by atoms with van der Waals surface area (Å²) in [6.45, 7) is 2.68. The Morgan fingerprint density at radius 3 is 2.85 bits per heavy atom. The van der Waals surface area contributed by atoms with Gasteiger partial charge >= 0.3 is 0 Å². The number of unbranched alkanes of at least 4 members (excludes halogenated alkanes) is 1. The summed E-state index contributed by atoms with van der Waals surface area (Å²) in [6, 6.07) is 4.97. The van der Waals surface area contributed by atoms with Crippen molar-refractivity contribution in [2.24, 2.45) is 0 Å². The number of anilines is 1. The molecule has 0 fully saturated rings. The van der Waals surface area contributed by atoms with Crippen LogP contribution in [0.1, 0.15) is 19.8 Å². The van der Waals surface area contributed by atoms with E-state index >= 15 is 0 Å². The zero-order chi connectivity index (χ0) is 9.68. The lowest BCUT2D eigenvalue weighted by Crippen LogP contribution is -1.99. The average molecular weight is 181 g/mol. The van der Waals surface area contributed by atoms with Gasteiger partial charge in [0.25, 0.3) is 0 Å². The molecule has 3 N–H and O–H groups in total. The summed E-state index contributed by atoms with van der Waals surface area (Å²) in [4.78, 5) is 0. The smallest absolute Gasteiger partial charge is 0.183 e. The monoisotopic (exact) mass is 181 g/mol. The molecule has 0 bridgehead atoms. The van der Waals surface area contributed by atoms with Gasteiger partial charge in [-0.2, -0.15) is 0 Å². The van der Waals surface area contributed by atoms with Crippen molar-refractivity contribution in [2.75, 3.05) is 12.3 Å². The number of ether oxygens (including phenoxy) is 1. The summed E-state index contributed by atoms with van der Waals surface area (Å²) < 4.78 is 5.33. The van der Waals surface area contributed by atoms with Crippen LogP contribution < -0.4 is 10.5 Å². The predicted molar refractivity (Wildman–Crippen MR) is 52.9 cm³/mol. The fourth-order valence-electron chi connectivity index (χ4n) is 1.02. The Kier molecular flexibility index (Phi) is 3.43. The number of benzene rings is 1. The van der Waals surface area contributed by atoms with E-state index in [0.717, 1.165) is 12.8 Å². The summed E-state index contributed by atoms with van der Waals surface area (Å²) >= 11 is 0. The van der Waals surface area contributed by atoms with Crippen LogP contribution in [0.15, 0.2) is 18.2 Å². The minimum atomic E-state index is 0.108. The Bertz CT molecular complexity index is 253. The van der Waals surface area contributed by atoms with Crippen molar-refractivity contribution in [3.8, 4) is 11.5 Å². The molecule has 3 nitrogen and oxygen atoms in total. The van der Waals surface area contributed by atoms with Crippen molar-refractivity contribution >= 4 is 5.69 Å². The van der Waals surface area contributed by atoms with Crippen LogP contribution in [0.4, 0.5) is 5.69 Å². The Morgan fingerprint density at radius 1 is 1.46 bits per heavy atom. The first-order valence-corrected chi connectivity index (χ1v) is 4.46. The lowest BCUT2D eigenvalue weighted by molar-refractivity contribution is 0.294. The molecular formula is C10H15NO2. The van der Waals surface area contributed by atoms with E-state index in [2.05, 4.69) is 6.92 Å². The third-order valence-corrected chi connectivity index (χ3v) is 1.77. The first kappa shape index (κ1) is 9.71. The maximum atomic E-state index is 9.39. The van der Waals surface area contributed by atoms with Crippen molar-refractivity contribution in [2.45, 2.75) is 19.8 Å². The quantitative estimate of drug-likeness (QED) is 0.552. The van der Waals surface area contributed by atoms with Gasteiger partial charge in [-0.05, 0) is 18.6 Å². The number of phenols is 1. The van der Waals surface area contributed by atoms with Crippen molar-refractivity contribution in [1.82, 2.24) is 0 Å². The van der Waals surface area contributed by atoms with Gasteiger partial charge in [-0.3, -0.25) is 0 Å². The van der Waals surface area contributed by atoms with E-state index in [9.17, 15) is 5.11 Å². The molecule has 1 aromatic rings. The van der Waals surface area contributed by atoms with E-state index in [4.69, 9.17) is 10.5 Å². The van der Waals surface area contributed by atoms with Crippen LogP contribution in [0.3, 0.4) is 0 Å². The van der Waals surface area contributed by atoms with Crippen LogP contribution in [-0.4, -0.2) is 11.7 Å². The molecule has 0 radical (unpaired) electrons. The molecule has 13 heavy (non-hydrogen) atoms. The molecule has 0 unspecified atom stereocenters. The number of aromatic hydroxyl groups is 1. The van der Waals surface area contributed by atoms with Crippen LogP contribution in [0.25, 0.3) is 0 Å². The molecule has 1 aromatic carbocycles. The number of hydrogen-bond acceptors (Lipinski definition) is 3. The van der Waals surface area contributed by atoms with Gasteiger partial charge in [0.2, 0.25) is 0 Å². The maximum Gasteiger partial charge on any atom is 0.183 e. The molecule has 0 aliphatic rings. The largest absolute Gasteiger partial charge is 0.504 e. The second kappa shape index (κ2) is 4.60. The summed E-state index contributed by atoms with van der Waals surface area (Å²) in [6.07, 6.45) is 2.03. The topological polar surface area (TPSA) is 55.5 Å². The SMILES string of the molecule is CCCCOc1c(N)cccc1O. The number of para-hydroxylation sites is 1. The highest BCUT2D eigenvalue weighted by atomic mass is 16.5. The third kappa shape index (κ3) is 2.54. The zero-order valence-electron chi connectivity index (χ0n) is 7.79. The fraction of sp³-hybridized carbons (Fsp3) is 0.400. The molecule has 0 saturated heterocycles. The first-order chi connectivity index (χ1) is 6.25. The van der Waals surface area contributed by atoms with Crippen LogP contribution in [0, 0.1) is 0 Å². The van der Waals surface area contributed by atoms with Crippen molar-refractivity contribution in [1.29, 1.82) is 0 Å². The van der Waals surface area contributed by atoms with Crippen LogP contribution in [0.5, 0.6) is 11.5 Å². The fourth-order valence-corrected chi connectivity index (χ4v) is 1.02. The molecule has 0 atom stereocenters. The van der Waals surface area contributed by atoms with Crippen LogP contribution in [0.2, 0.25) is 0 Å². The summed E-state index contributed by atoms with van der Waals surface area (Å²) in [5, 5.41) is 9.39. The van der Waals surface area contributed by atoms with E-state index in [1.54, 1.807) is 18.2 Å². The van der Waals surface area contributed by atoms with E-state index in [1.165, 1.54) is 0 Å². The Balaban J connectivity index is 2.64. The maximum absolute atomic E-state index is 9.39. The number of nitrogens with two attached hydrogens (primary N) is 1. The molecule has 0 heterocycles. The summed E-state index contributed by atoms with van der Waals surface area (Å²) in [7, 11) is 0. The molecular weight excluding hydrogens is 166 g/mol. The minimum Gasteiger partial charge on any atom is -0.504 e. The van der Waals surface area contributed by atoms with Gasteiger partial charge in [-0.25, -0.2) is 0 Å². The second-order valence-electron chi connectivity index (χ2n) is 2.90. The van der Waals surface area contributed by atoms with E-state index in [1.807, 2.05) is 0 Å². The highest BCUT2D eigenvalue weighted by Gasteiger charge is 2.04. The van der Waals surface area contributed by atoms with Crippen LogP contribution >= 0.6 is 0 Å². The third-order valence-electron chi connectivity index (χ3n) is 1.77. The van der Waals surface area contributed by atoms with Gasteiger partial charge in [0.1, 0.15) is 0 Å². The normalized spacial score (nSPS) is 9.92. The first-order valence-electron chi connectivity index (χ1n) is 4.46. The van der Waals surface area contributed by atoms with Gasteiger partial charge < -0.3 is 15.6 Å². The molecule has 0 saturated carbocycles. The number of nitrogen functional groups attached to an aromatic ring is 1. The molecule has 0 spiro atoms. The number of hydrogen-bond donors (Lipinski definition) is 2. The number of rotatable bonds is 4. The molecule has 72 valence electrons. The van der Waals surface area contributed by atoms with Gasteiger partial charge in [0.05, 0.1) is 12.3 Å². The Labute approximate surface area is 78.1 Å². The predicted octanol–water partition coefficient (Wildman–Crippen LogP) is 2.15. The van der Waals surface area contributed by atoms with E-state index in [0.29, 0.717) is 18.0 Å². The molecule has 1 rings (SSSR count). The highest BCUT2D eigenvalue weighted by Crippen LogP contribution is 2.31.